The van der Waals surface area contributed by atoms with Gasteiger partial charge in [-0.3, -0.25) is 0 Å². The zero-order chi connectivity index (χ0) is 12.1. The van der Waals surface area contributed by atoms with E-state index < -0.39 is 0 Å². The third-order valence-corrected chi connectivity index (χ3v) is 4.08. The van der Waals surface area contributed by atoms with Crippen LogP contribution in [0.2, 0.25) is 5.02 Å². The van der Waals surface area contributed by atoms with Crippen molar-refractivity contribution in [3.05, 3.63) is 34.2 Å². The van der Waals surface area contributed by atoms with Gasteiger partial charge in [-0.05, 0) is 12.1 Å². The lowest BCUT2D eigenvalue weighted by Gasteiger charge is -1.90. The summed E-state index contributed by atoms with van der Waals surface area (Å²) in [4.78, 5) is 15.2. The molecule has 0 radical (unpaired) electrons. The van der Waals surface area contributed by atoms with Crippen LogP contribution in [0.4, 0.5) is 0 Å². The summed E-state index contributed by atoms with van der Waals surface area (Å²) >= 11 is 7.68. The van der Waals surface area contributed by atoms with Crippen molar-refractivity contribution in [2.24, 2.45) is 0 Å². The highest BCUT2D eigenvalue weighted by atomic mass is 35.5. The average Bonchev–Trinajstić information content (AvgIpc) is 3.02. The van der Waals surface area contributed by atoms with E-state index in [0.29, 0.717) is 0 Å². The molecule has 0 atom stereocenters. The Kier molecular flexibility index (Phi) is 2.00. The second-order valence-corrected chi connectivity index (χ2v) is 5.16. The fraction of sp³-hybridized carbons (Fsp3) is 0. The Morgan fingerprint density at radius 3 is 2.89 bits per heavy atom. The number of benzene rings is 1. The molecule has 88 valence electrons. The normalized spacial score (nSPS) is 11.6. The van der Waals surface area contributed by atoms with Gasteiger partial charge in [0.2, 0.25) is 0 Å². The molecule has 0 amide bonds. The van der Waals surface area contributed by atoms with E-state index in [1.807, 2.05) is 22.9 Å². The van der Waals surface area contributed by atoms with Gasteiger partial charge in [0.15, 0.2) is 0 Å². The fourth-order valence-corrected chi connectivity index (χ4v) is 3.07. The van der Waals surface area contributed by atoms with E-state index in [4.69, 9.17) is 11.6 Å². The lowest BCUT2D eigenvalue weighted by Crippen LogP contribution is -1.76. The number of hydrogen-bond acceptors (Lipinski definition) is 3. The van der Waals surface area contributed by atoms with Crippen LogP contribution in [0.5, 0.6) is 0 Å². The molecule has 2 N–H and O–H groups in total. The molecule has 3 aromatic heterocycles. The molecule has 0 aliphatic rings. The average molecular weight is 275 g/mol. The van der Waals surface area contributed by atoms with E-state index >= 15 is 0 Å². The summed E-state index contributed by atoms with van der Waals surface area (Å²) in [5, 5.41) is 4.61. The zero-order valence-electron chi connectivity index (χ0n) is 9.07. The molecule has 4 aromatic rings. The van der Waals surface area contributed by atoms with Crippen LogP contribution < -0.4 is 0 Å². The van der Waals surface area contributed by atoms with Crippen LogP contribution in [0.1, 0.15) is 0 Å². The van der Waals surface area contributed by atoms with Gasteiger partial charge in [0.1, 0.15) is 5.82 Å². The van der Waals surface area contributed by atoms with Crippen molar-refractivity contribution in [1.82, 2.24) is 19.9 Å². The smallest absolute Gasteiger partial charge is 0.140 e. The SMILES string of the molecule is Clc1cscc1-c1nc2cc3nc[nH]c3cc2[nH]1. The number of rotatable bonds is 1. The number of imidazole rings is 2. The topological polar surface area (TPSA) is 57.4 Å². The van der Waals surface area contributed by atoms with E-state index in [2.05, 4.69) is 19.9 Å². The Bertz CT molecular complexity index is 809. The molecule has 1 aromatic carbocycles. The molecule has 4 rings (SSSR count). The Labute approximate surface area is 111 Å². The highest BCUT2D eigenvalue weighted by molar-refractivity contribution is 7.08. The van der Waals surface area contributed by atoms with Crippen molar-refractivity contribution in [2.45, 2.75) is 0 Å². The number of aromatic amines is 2. The molecule has 4 nitrogen and oxygen atoms in total. The third-order valence-electron chi connectivity index (χ3n) is 2.89. The second-order valence-electron chi connectivity index (χ2n) is 4.01. The van der Waals surface area contributed by atoms with Crippen LogP contribution in [0.25, 0.3) is 33.5 Å². The minimum absolute atomic E-state index is 0.725. The molecule has 0 aliphatic heterocycles. The second kappa shape index (κ2) is 3.57. The van der Waals surface area contributed by atoms with Gasteiger partial charge >= 0.3 is 0 Å². The monoisotopic (exact) mass is 274 g/mol. The summed E-state index contributed by atoms with van der Waals surface area (Å²) < 4.78 is 0. The zero-order valence-corrected chi connectivity index (χ0v) is 10.6. The van der Waals surface area contributed by atoms with Gasteiger partial charge in [-0.1, -0.05) is 11.6 Å². The molecule has 0 aliphatic carbocycles. The maximum absolute atomic E-state index is 6.12. The number of aromatic nitrogens is 4. The predicted octanol–water partition coefficient (Wildman–Crippen LogP) is 3.82. The third kappa shape index (κ3) is 1.38. The molecule has 3 heterocycles. The van der Waals surface area contributed by atoms with Crippen molar-refractivity contribution < 1.29 is 0 Å². The van der Waals surface area contributed by atoms with Crippen LogP contribution in [0, 0.1) is 0 Å². The van der Waals surface area contributed by atoms with E-state index in [9.17, 15) is 0 Å². The first-order valence-corrected chi connectivity index (χ1v) is 6.68. The first-order chi connectivity index (χ1) is 8.81. The maximum Gasteiger partial charge on any atom is 0.140 e. The van der Waals surface area contributed by atoms with Gasteiger partial charge in [0.25, 0.3) is 0 Å². The molecule has 6 heteroatoms. The number of nitrogens with zero attached hydrogens (tertiary/aromatic N) is 2. The molecular formula is C12H7ClN4S. The summed E-state index contributed by atoms with van der Waals surface area (Å²) in [5.41, 5.74) is 4.72. The first kappa shape index (κ1) is 10.1. The number of halogens is 1. The number of nitrogens with one attached hydrogen (secondary N) is 2. The first-order valence-electron chi connectivity index (χ1n) is 5.36. The number of fused-ring (bicyclic) bond motifs is 2. The van der Waals surface area contributed by atoms with Gasteiger partial charge in [-0.25, -0.2) is 9.97 Å². The lowest BCUT2D eigenvalue weighted by molar-refractivity contribution is 1.33. The fourth-order valence-electron chi connectivity index (χ4n) is 2.02. The summed E-state index contributed by atoms with van der Waals surface area (Å²) in [6.45, 7) is 0. The van der Waals surface area contributed by atoms with E-state index in [0.717, 1.165) is 38.5 Å². The van der Waals surface area contributed by atoms with E-state index in [-0.39, 0.29) is 0 Å². The van der Waals surface area contributed by atoms with Crippen molar-refractivity contribution in [2.75, 3.05) is 0 Å². The van der Waals surface area contributed by atoms with Crippen molar-refractivity contribution in [1.29, 1.82) is 0 Å². The minimum atomic E-state index is 0.725. The largest absolute Gasteiger partial charge is 0.345 e. The lowest BCUT2D eigenvalue weighted by atomic mass is 10.3. The van der Waals surface area contributed by atoms with Crippen molar-refractivity contribution >= 4 is 45.0 Å². The van der Waals surface area contributed by atoms with Crippen molar-refractivity contribution in [3.63, 3.8) is 0 Å². The van der Waals surface area contributed by atoms with Crippen LogP contribution >= 0.6 is 22.9 Å². The molecular weight excluding hydrogens is 268 g/mol. The predicted molar refractivity (Wildman–Crippen MR) is 74.1 cm³/mol. The molecule has 0 saturated carbocycles. The Hall–Kier alpha value is -1.85. The summed E-state index contributed by atoms with van der Waals surface area (Å²) in [6.07, 6.45) is 1.68. The molecule has 18 heavy (non-hydrogen) atoms. The van der Waals surface area contributed by atoms with Crippen molar-refractivity contribution in [3.8, 4) is 11.4 Å². The number of hydrogen-bond donors (Lipinski definition) is 2. The van der Waals surface area contributed by atoms with Crippen LogP contribution in [0.15, 0.2) is 29.2 Å². The summed E-state index contributed by atoms with van der Waals surface area (Å²) in [6, 6.07) is 3.97. The van der Waals surface area contributed by atoms with Gasteiger partial charge in [0.05, 0.1) is 33.4 Å². The number of thiophene rings is 1. The maximum atomic E-state index is 6.12. The summed E-state index contributed by atoms with van der Waals surface area (Å²) in [5.74, 6) is 0.795. The van der Waals surface area contributed by atoms with E-state index in [1.54, 1.807) is 17.7 Å². The minimum Gasteiger partial charge on any atom is -0.345 e. The highest BCUT2D eigenvalue weighted by Crippen LogP contribution is 2.31. The quantitative estimate of drug-likeness (QED) is 0.554. The number of H-pyrrole nitrogens is 2. The molecule has 0 saturated heterocycles. The molecule has 0 unspecified atom stereocenters. The van der Waals surface area contributed by atoms with Gasteiger partial charge in [-0.2, -0.15) is 11.3 Å². The highest BCUT2D eigenvalue weighted by Gasteiger charge is 2.10. The van der Waals surface area contributed by atoms with Gasteiger partial charge in [0, 0.05) is 16.3 Å². The van der Waals surface area contributed by atoms with E-state index in [1.165, 1.54) is 0 Å². The van der Waals surface area contributed by atoms with Gasteiger partial charge in [-0.15, -0.1) is 0 Å². The van der Waals surface area contributed by atoms with Crippen LogP contribution in [-0.4, -0.2) is 19.9 Å². The molecule has 0 bridgehead atoms. The standard InChI is InChI=1S/C12H7ClN4S/c13-7-4-18-3-6(7)12-16-10-1-8-9(15-5-14-8)2-11(10)17-12/h1-5H,(H,14,15)(H,16,17). The van der Waals surface area contributed by atoms with Crippen LogP contribution in [0.3, 0.4) is 0 Å². The Morgan fingerprint density at radius 2 is 2.06 bits per heavy atom. The molecule has 0 spiro atoms. The summed E-state index contributed by atoms with van der Waals surface area (Å²) in [7, 11) is 0. The van der Waals surface area contributed by atoms with Crippen LogP contribution in [-0.2, 0) is 0 Å². The molecule has 0 fully saturated rings. The Morgan fingerprint density at radius 1 is 1.11 bits per heavy atom. The Balaban J connectivity index is 2.01. The van der Waals surface area contributed by atoms with Gasteiger partial charge < -0.3 is 9.97 Å².